The summed E-state index contributed by atoms with van der Waals surface area (Å²) in [6, 6.07) is 9.06. The van der Waals surface area contributed by atoms with Crippen molar-refractivity contribution in [3.63, 3.8) is 0 Å². The maximum atomic E-state index is 6.20. The van der Waals surface area contributed by atoms with Crippen LogP contribution in [0.5, 0.6) is 5.75 Å². The minimum Gasteiger partial charge on any atom is -0.489 e. The second-order valence-electron chi connectivity index (χ2n) is 5.14. The summed E-state index contributed by atoms with van der Waals surface area (Å²) in [6.07, 6.45) is 5.47. The smallest absolute Gasteiger partial charge is 0.124 e. The fourth-order valence-electron chi connectivity index (χ4n) is 2.78. The van der Waals surface area contributed by atoms with Gasteiger partial charge in [0.15, 0.2) is 0 Å². The van der Waals surface area contributed by atoms with Crippen LogP contribution < -0.4 is 10.1 Å². The van der Waals surface area contributed by atoms with Crippen molar-refractivity contribution in [2.24, 2.45) is 0 Å². The van der Waals surface area contributed by atoms with E-state index in [4.69, 9.17) is 4.74 Å². The number of piperidine rings is 1. The molecule has 2 aliphatic heterocycles. The Bertz CT molecular complexity index is 384. The third-order valence-electron chi connectivity index (χ3n) is 3.79. The molecule has 1 aromatic rings. The molecule has 3 heteroatoms. The highest BCUT2D eigenvalue weighted by molar-refractivity contribution is 7.99. The highest BCUT2D eigenvalue weighted by Gasteiger charge is 2.22. The monoisotopic (exact) mass is 263 g/mol. The van der Waals surface area contributed by atoms with Gasteiger partial charge in [-0.05, 0) is 37.6 Å². The van der Waals surface area contributed by atoms with Gasteiger partial charge in [-0.1, -0.05) is 24.6 Å². The van der Waals surface area contributed by atoms with Crippen molar-refractivity contribution in [1.82, 2.24) is 5.32 Å². The number of benzene rings is 1. The Morgan fingerprint density at radius 3 is 2.89 bits per heavy atom. The Balaban J connectivity index is 1.75. The Hall–Kier alpha value is -0.670. The molecule has 0 spiro atoms. The molecule has 2 nitrogen and oxygen atoms in total. The number of hydrogen-bond acceptors (Lipinski definition) is 3. The summed E-state index contributed by atoms with van der Waals surface area (Å²) in [7, 11) is 0. The van der Waals surface area contributed by atoms with Gasteiger partial charge in [0, 0.05) is 17.4 Å². The van der Waals surface area contributed by atoms with Gasteiger partial charge < -0.3 is 10.1 Å². The molecule has 0 radical (unpaired) electrons. The summed E-state index contributed by atoms with van der Waals surface area (Å²) in [5, 5.41) is 3.62. The van der Waals surface area contributed by atoms with Crippen molar-refractivity contribution in [3.05, 3.63) is 29.8 Å². The zero-order chi connectivity index (χ0) is 12.2. The number of thioether (sulfide) groups is 1. The first-order valence-electron chi connectivity index (χ1n) is 7.00. The lowest BCUT2D eigenvalue weighted by atomic mass is 9.97. The number of rotatable bonds is 3. The fourth-order valence-corrected chi connectivity index (χ4v) is 3.87. The molecule has 0 saturated carbocycles. The maximum absolute atomic E-state index is 6.20. The van der Waals surface area contributed by atoms with Crippen molar-refractivity contribution in [2.45, 2.75) is 37.8 Å². The Morgan fingerprint density at radius 2 is 2.11 bits per heavy atom. The second-order valence-corrected chi connectivity index (χ2v) is 6.29. The predicted octanol–water partition coefficient (Wildman–Crippen LogP) is 3.39. The van der Waals surface area contributed by atoms with Crippen LogP contribution in [0.3, 0.4) is 0 Å². The van der Waals surface area contributed by atoms with Crippen molar-refractivity contribution in [2.75, 3.05) is 18.1 Å². The summed E-state index contributed by atoms with van der Waals surface area (Å²) in [6.45, 7) is 1.14. The molecular formula is C15H21NOS. The summed E-state index contributed by atoms with van der Waals surface area (Å²) < 4.78 is 6.20. The van der Waals surface area contributed by atoms with E-state index in [9.17, 15) is 0 Å². The number of hydrogen-bond donors (Lipinski definition) is 1. The van der Waals surface area contributed by atoms with Crippen LogP contribution in [0, 0.1) is 0 Å². The van der Waals surface area contributed by atoms with Crippen LogP contribution in [0.15, 0.2) is 24.3 Å². The SMILES string of the molecule is c1ccc(C2CCCCN2)c(OC2CCSC2)c1. The molecule has 2 aliphatic rings. The lowest BCUT2D eigenvalue weighted by Crippen LogP contribution is -2.27. The minimum atomic E-state index is 0.416. The average Bonchev–Trinajstić information content (AvgIpc) is 2.93. The molecule has 0 amide bonds. The summed E-state index contributed by atoms with van der Waals surface area (Å²) in [5.74, 6) is 3.49. The predicted molar refractivity (Wildman–Crippen MR) is 77.4 cm³/mol. The van der Waals surface area contributed by atoms with E-state index >= 15 is 0 Å². The first-order valence-corrected chi connectivity index (χ1v) is 8.15. The third kappa shape index (κ3) is 2.83. The standard InChI is InChI=1S/C15H21NOS/c1-2-7-15(17-12-8-10-18-11-12)13(5-1)14-6-3-4-9-16-14/h1-2,5,7,12,14,16H,3-4,6,8-11H2. The van der Waals surface area contributed by atoms with Gasteiger partial charge >= 0.3 is 0 Å². The van der Waals surface area contributed by atoms with Gasteiger partial charge in [0.05, 0.1) is 0 Å². The van der Waals surface area contributed by atoms with E-state index in [1.165, 1.54) is 37.0 Å². The van der Waals surface area contributed by atoms with Crippen LogP contribution in [0.2, 0.25) is 0 Å². The molecule has 2 heterocycles. The molecular weight excluding hydrogens is 242 g/mol. The largest absolute Gasteiger partial charge is 0.489 e. The first-order chi connectivity index (χ1) is 8.93. The van der Waals surface area contributed by atoms with Crippen LogP contribution in [0.25, 0.3) is 0 Å². The quantitative estimate of drug-likeness (QED) is 0.903. The van der Waals surface area contributed by atoms with Crippen LogP contribution in [0.1, 0.15) is 37.3 Å². The Morgan fingerprint density at radius 1 is 1.17 bits per heavy atom. The molecule has 2 unspecified atom stereocenters. The van der Waals surface area contributed by atoms with E-state index in [-0.39, 0.29) is 0 Å². The Kier molecular flexibility index (Phi) is 4.11. The first kappa shape index (κ1) is 12.4. The van der Waals surface area contributed by atoms with Crippen LogP contribution in [-0.4, -0.2) is 24.2 Å². The number of nitrogens with one attached hydrogen (secondary N) is 1. The van der Waals surface area contributed by atoms with Crippen LogP contribution in [0.4, 0.5) is 0 Å². The van der Waals surface area contributed by atoms with Crippen molar-refractivity contribution in [3.8, 4) is 5.75 Å². The highest BCUT2D eigenvalue weighted by atomic mass is 32.2. The molecule has 2 fully saturated rings. The topological polar surface area (TPSA) is 21.3 Å². The lowest BCUT2D eigenvalue weighted by molar-refractivity contribution is 0.223. The molecule has 0 aromatic heterocycles. The third-order valence-corrected chi connectivity index (χ3v) is 4.92. The highest BCUT2D eigenvalue weighted by Crippen LogP contribution is 2.32. The lowest BCUT2D eigenvalue weighted by Gasteiger charge is -2.26. The van der Waals surface area contributed by atoms with Gasteiger partial charge in [0.2, 0.25) is 0 Å². The van der Waals surface area contributed by atoms with Crippen LogP contribution in [-0.2, 0) is 0 Å². The minimum absolute atomic E-state index is 0.416. The molecule has 98 valence electrons. The van der Waals surface area contributed by atoms with E-state index < -0.39 is 0 Å². The number of para-hydroxylation sites is 1. The van der Waals surface area contributed by atoms with E-state index in [2.05, 4.69) is 29.6 Å². The summed E-state index contributed by atoms with van der Waals surface area (Å²) in [4.78, 5) is 0. The van der Waals surface area contributed by atoms with Crippen molar-refractivity contribution >= 4 is 11.8 Å². The normalized spacial score (nSPS) is 28.2. The van der Waals surface area contributed by atoms with E-state index in [0.29, 0.717) is 12.1 Å². The van der Waals surface area contributed by atoms with E-state index in [0.717, 1.165) is 18.0 Å². The molecule has 0 bridgehead atoms. The molecule has 3 rings (SSSR count). The second kappa shape index (κ2) is 5.98. The van der Waals surface area contributed by atoms with Crippen molar-refractivity contribution in [1.29, 1.82) is 0 Å². The fraction of sp³-hybridized carbons (Fsp3) is 0.600. The van der Waals surface area contributed by atoms with Gasteiger partial charge in [-0.15, -0.1) is 0 Å². The van der Waals surface area contributed by atoms with Gasteiger partial charge in [0.25, 0.3) is 0 Å². The van der Waals surface area contributed by atoms with E-state index in [1.54, 1.807) is 0 Å². The van der Waals surface area contributed by atoms with Gasteiger partial charge in [0.1, 0.15) is 11.9 Å². The molecule has 1 aromatic carbocycles. The van der Waals surface area contributed by atoms with Gasteiger partial charge in [-0.2, -0.15) is 11.8 Å². The molecule has 0 aliphatic carbocycles. The van der Waals surface area contributed by atoms with Gasteiger partial charge in [-0.25, -0.2) is 0 Å². The zero-order valence-corrected chi connectivity index (χ0v) is 11.5. The van der Waals surface area contributed by atoms with Gasteiger partial charge in [-0.3, -0.25) is 0 Å². The average molecular weight is 263 g/mol. The zero-order valence-electron chi connectivity index (χ0n) is 10.7. The van der Waals surface area contributed by atoms with Crippen LogP contribution >= 0.6 is 11.8 Å². The summed E-state index contributed by atoms with van der Waals surface area (Å²) >= 11 is 2.00. The molecule has 18 heavy (non-hydrogen) atoms. The summed E-state index contributed by atoms with van der Waals surface area (Å²) in [5.41, 5.74) is 1.36. The molecule has 1 N–H and O–H groups in total. The van der Waals surface area contributed by atoms with Crippen molar-refractivity contribution < 1.29 is 4.74 Å². The maximum Gasteiger partial charge on any atom is 0.124 e. The van der Waals surface area contributed by atoms with E-state index in [1.807, 2.05) is 11.8 Å². The number of ether oxygens (including phenoxy) is 1. The molecule has 2 saturated heterocycles. The Labute approximate surface area is 113 Å². The molecule has 2 atom stereocenters.